The van der Waals surface area contributed by atoms with Crippen molar-refractivity contribution in [2.75, 3.05) is 0 Å². The molecule has 1 fully saturated rings. The van der Waals surface area contributed by atoms with Crippen LogP contribution in [0.5, 0.6) is 0 Å². The Morgan fingerprint density at radius 2 is 1.96 bits per heavy atom. The monoisotopic (exact) mass is 358 g/mol. The zero-order chi connectivity index (χ0) is 19.0. The van der Waals surface area contributed by atoms with Crippen LogP contribution in [-0.4, -0.2) is 36.2 Å². The molecule has 0 aromatic heterocycles. The van der Waals surface area contributed by atoms with E-state index in [0.717, 1.165) is 5.57 Å². The summed E-state index contributed by atoms with van der Waals surface area (Å²) in [6.45, 7) is 9.10. The minimum atomic E-state index is -0.749. The molecule has 26 heavy (non-hydrogen) atoms. The van der Waals surface area contributed by atoms with Gasteiger partial charge >= 0.3 is 17.9 Å². The normalized spacial score (nSPS) is 31.5. The molecule has 0 amide bonds. The minimum Gasteiger partial charge on any atom is -0.458 e. The molecule has 0 unspecified atom stereocenters. The summed E-state index contributed by atoms with van der Waals surface area (Å²) < 4.78 is 16.5. The van der Waals surface area contributed by atoms with E-state index in [0.29, 0.717) is 17.6 Å². The van der Waals surface area contributed by atoms with E-state index in [1.807, 2.05) is 13.0 Å². The zero-order valence-corrected chi connectivity index (χ0v) is 15.1. The number of carbonyl (C=O) groups excluding carboxylic acids is 3. The summed E-state index contributed by atoms with van der Waals surface area (Å²) in [5, 5.41) is 0. The number of hydrogen-bond donors (Lipinski definition) is 0. The molecule has 6 heteroatoms. The molecule has 1 aliphatic carbocycles. The molecule has 0 aromatic carbocycles. The topological polar surface area (TPSA) is 78.9 Å². The predicted molar refractivity (Wildman–Crippen MR) is 92.8 cm³/mol. The number of esters is 3. The summed E-state index contributed by atoms with van der Waals surface area (Å²) in [4.78, 5) is 36.6. The van der Waals surface area contributed by atoms with E-state index < -0.39 is 36.0 Å². The maximum absolute atomic E-state index is 12.3. The molecule has 1 saturated heterocycles. The first kappa shape index (κ1) is 18.2. The highest BCUT2D eigenvalue weighted by atomic mass is 16.6. The van der Waals surface area contributed by atoms with E-state index in [9.17, 15) is 14.4 Å². The Morgan fingerprint density at radius 1 is 1.23 bits per heavy atom. The van der Waals surface area contributed by atoms with Crippen molar-refractivity contribution in [2.24, 2.45) is 5.92 Å². The van der Waals surface area contributed by atoms with E-state index in [2.05, 4.69) is 6.58 Å². The second-order valence-electron chi connectivity index (χ2n) is 6.89. The SMILES string of the molecule is C=C1C(=O)O[C@@H]2C=C(C)C[C@H]3C=C(C[C@H](OC(=O)C(C)=CC)[C@@H]12)C(=O)O3. The molecular weight excluding hydrogens is 336 g/mol. The van der Waals surface area contributed by atoms with E-state index >= 15 is 0 Å². The van der Waals surface area contributed by atoms with Gasteiger partial charge in [0, 0.05) is 29.6 Å². The summed E-state index contributed by atoms with van der Waals surface area (Å²) >= 11 is 0. The molecule has 4 atom stereocenters. The van der Waals surface area contributed by atoms with E-state index in [4.69, 9.17) is 14.2 Å². The third kappa shape index (κ3) is 3.36. The van der Waals surface area contributed by atoms with Gasteiger partial charge in [-0.1, -0.05) is 18.2 Å². The summed E-state index contributed by atoms with van der Waals surface area (Å²) in [5.74, 6) is -1.96. The molecule has 2 heterocycles. The van der Waals surface area contributed by atoms with Gasteiger partial charge in [-0.05, 0) is 32.9 Å². The second-order valence-corrected chi connectivity index (χ2v) is 6.89. The standard InChI is InChI=1S/C20H22O6/c1-5-11(3)18(21)25-16-9-13-8-14(24-20(13)23)6-10(2)7-15-17(16)12(4)19(22)26-15/h5,7-8,14-17H,4,6,9H2,1-3H3/t14-,15+,16-,17-/m0/s1. The highest BCUT2D eigenvalue weighted by Crippen LogP contribution is 2.38. The third-order valence-corrected chi connectivity index (χ3v) is 4.98. The van der Waals surface area contributed by atoms with Crippen molar-refractivity contribution in [1.29, 1.82) is 0 Å². The van der Waals surface area contributed by atoms with Crippen LogP contribution in [-0.2, 0) is 28.6 Å². The van der Waals surface area contributed by atoms with Crippen molar-refractivity contribution in [1.82, 2.24) is 0 Å². The van der Waals surface area contributed by atoms with Crippen molar-refractivity contribution in [3.8, 4) is 0 Å². The number of hydrogen-bond acceptors (Lipinski definition) is 6. The largest absolute Gasteiger partial charge is 0.458 e. The third-order valence-electron chi connectivity index (χ3n) is 4.98. The maximum Gasteiger partial charge on any atom is 0.334 e. The molecule has 0 N–H and O–H groups in total. The second kappa shape index (κ2) is 6.94. The van der Waals surface area contributed by atoms with Gasteiger partial charge in [-0.25, -0.2) is 14.4 Å². The first-order valence-electron chi connectivity index (χ1n) is 8.62. The fourth-order valence-electron chi connectivity index (χ4n) is 3.44. The average Bonchev–Trinajstić information content (AvgIpc) is 3.04. The first-order chi connectivity index (χ1) is 12.3. The van der Waals surface area contributed by atoms with Gasteiger partial charge in [-0.15, -0.1) is 0 Å². The van der Waals surface area contributed by atoms with E-state index in [1.165, 1.54) is 0 Å². The van der Waals surface area contributed by atoms with E-state index in [-0.39, 0.29) is 18.1 Å². The summed E-state index contributed by atoms with van der Waals surface area (Å²) in [6, 6.07) is 0. The van der Waals surface area contributed by atoms with Crippen LogP contribution in [0.1, 0.15) is 33.6 Å². The number of fused-ring (bicyclic) bond motifs is 2. The van der Waals surface area contributed by atoms with Crippen LogP contribution in [0.15, 0.2) is 47.1 Å². The minimum absolute atomic E-state index is 0.155. The predicted octanol–water partition coefficient (Wildman–Crippen LogP) is 2.55. The van der Waals surface area contributed by atoms with Crippen LogP contribution < -0.4 is 0 Å². The van der Waals surface area contributed by atoms with Gasteiger partial charge in [0.05, 0.1) is 5.92 Å². The lowest BCUT2D eigenvalue weighted by molar-refractivity contribution is -0.148. The lowest BCUT2D eigenvalue weighted by Crippen LogP contribution is -2.34. The first-order valence-corrected chi connectivity index (χ1v) is 8.62. The summed E-state index contributed by atoms with van der Waals surface area (Å²) in [7, 11) is 0. The van der Waals surface area contributed by atoms with Crippen molar-refractivity contribution >= 4 is 17.9 Å². The lowest BCUT2D eigenvalue weighted by Gasteiger charge is -2.26. The quantitative estimate of drug-likeness (QED) is 0.327. The van der Waals surface area contributed by atoms with Crippen LogP contribution in [0.25, 0.3) is 0 Å². The molecule has 0 radical (unpaired) electrons. The van der Waals surface area contributed by atoms with Gasteiger partial charge in [0.25, 0.3) is 0 Å². The van der Waals surface area contributed by atoms with Crippen LogP contribution in [0.4, 0.5) is 0 Å². The van der Waals surface area contributed by atoms with Crippen molar-refractivity contribution in [3.63, 3.8) is 0 Å². The smallest absolute Gasteiger partial charge is 0.334 e. The van der Waals surface area contributed by atoms with Gasteiger partial charge in [-0.3, -0.25) is 0 Å². The Morgan fingerprint density at radius 3 is 2.65 bits per heavy atom. The fourth-order valence-corrected chi connectivity index (χ4v) is 3.44. The summed E-state index contributed by atoms with van der Waals surface area (Å²) in [5.41, 5.74) is 2.07. The van der Waals surface area contributed by atoms with Crippen LogP contribution in [0.2, 0.25) is 0 Å². The average molecular weight is 358 g/mol. The molecule has 0 aromatic rings. The molecule has 0 spiro atoms. The van der Waals surface area contributed by atoms with Gasteiger partial charge in [0.1, 0.15) is 18.3 Å². The van der Waals surface area contributed by atoms with Crippen molar-refractivity contribution in [2.45, 2.75) is 51.9 Å². The van der Waals surface area contributed by atoms with Crippen LogP contribution in [0, 0.1) is 5.92 Å². The van der Waals surface area contributed by atoms with E-state index in [1.54, 1.807) is 26.0 Å². The van der Waals surface area contributed by atoms with Crippen molar-refractivity contribution < 1.29 is 28.6 Å². The number of rotatable bonds is 2. The number of ether oxygens (including phenoxy) is 3. The Hall–Kier alpha value is -2.63. The Balaban J connectivity index is 2.00. The van der Waals surface area contributed by atoms with Gasteiger partial charge in [0.2, 0.25) is 0 Å². The molecule has 138 valence electrons. The van der Waals surface area contributed by atoms with Crippen LogP contribution in [0.3, 0.4) is 0 Å². The van der Waals surface area contributed by atoms with Gasteiger partial charge in [-0.2, -0.15) is 0 Å². The summed E-state index contributed by atoms with van der Waals surface area (Å²) in [6.07, 6.45) is 4.26. The Bertz CT molecular complexity index is 769. The highest BCUT2D eigenvalue weighted by Gasteiger charge is 2.46. The molecule has 3 aliphatic rings. The highest BCUT2D eigenvalue weighted by molar-refractivity contribution is 5.93. The van der Waals surface area contributed by atoms with Crippen LogP contribution >= 0.6 is 0 Å². The van der Waals surface area contributed by atoms with Crippen molar-refractivity contribution in [3.05, 3.63) is 47.1 Å². The Labute approximate surface area is 152 Å². The number of allylic oxidation sites excluding steroid dienone is 1. The molecule has 6 nitrogen and oxygen atoms in total. The molecule has 0 saturated carbocycles. The molecular formula is C20H22O6. The molecule has 2 bridgehead atoms. The van der Waals surface area contributed by atoms with Gasteiger partial charge in [0.15, 0.2) is 0 Å². The zero-order valence-electron chi connectivity index (χ0n) is 15.1. The maximum atomic E-state index is 12.3. The Kier molecular flexibility index (Phi) is 4.85. The lowest BCUT2D eigenvalue weighted by atomic mass is 9.85. The van der Waals surface area contributed by atoms with Gasteiger partial charge < -0.3 is 14.2 Å². The molecule has 3 rings (SSSR count). The molecule has 2 aliphatic heterocycles. The fraction of sp³-hybridized carbons (Fsp3) is 0.450. The number of carbonyl (C=O) groups is 3.